The minimum atomic E-state index is -3.95. The smallest absolute Gasteiger partial charge is 0.748 e. The molecule has 1 radical (unpaired) electrons. The van der Waals surface area contributed by atoms with Gasteiger partial charge in [0.05, 0.1) is 30.4 Å². The Hall–Kier alpha value is 0.262. The van der Waals surface area contributed by atoms with Crippen LogP contribution in [0, 0.1) is 0 Å². The van der Waals surface area contributed by atoms with E-state index in [2.05, 4.69) is 0 Å². The van der Waals surface area contributed by atoms with Crippen molar-refractivity contribution in [2.24, 2.45) is 0 Å². The Kier molecular flexibility index (Phi) is 26.2. The van der Waals surface area contributed by atoms with Crippen LogP contribution in [0.15, 0.2) is 0 Å². The van der Waals surface area contributed by atoms with Crippen LogP contribution in [0.25, 0.3) is 0 Å². The predicted molar refractivity (Wildman–Crippen MR) is 102 cm³/mol. The van der Waals surface area contributed by atoms with Gasteiger partial charge in [0.25, 0.3) is 0 Å². The average Bonchev–Trinajstić information content (AvgIpc) is 2.46. The maximum absolute atomic E-state index is 9.95. The van der Waals surface area contributed by atoms with Gasteiger partial charge in [0, 0.05) is 17.3 Å². The third-order valence-corrected chi connectivity index (χ3v) is 5.36. The van der Waals surface area contributed by atoms with Crippen molar-refractivity contribution < 1.29 is 56.3 Å². The topological polar surface area (TPSA) is 172 Å². The van der Waals surface area contributed by atoms with Gasteiger partial charge < -0.3 is 13.7 Å². The summed E-state index contributed by atoms with van der Waals surface area (Å²) in [7, 11) is -11.8. The summed E-state index contributed by atoms with van der Waals surface area (Å²) in [4.78, 5) is 0. The summed E-state index contributed by atoms with van der Waals surface area (Å²) in [5, 5.41) is 0. The zero-order valence-corrected chi connectivity index (χ0v) is 20.5. The van der Waals surface area contributed by atoms with E-state index >= 15 is 0 Å². The maximum atomic E-state index is 9.95. The van der Waals surface area contributed by atoms with Gasteiger partial charge >= 0.3 is 17.4 Å². The van der Waals surface area contributed by atoms with Gasteiger partial charge in [-0.2, -0.15) is 0 Å². The summed E-state index contributed by atoms with van der Waals surface area (Å²) >= 11 is 0. The van der Waals surface area contributed by atoms with Gasteiger partial charge in [0.15, 0.2) is 0 Å². The van der Waals surface area contributed by atoms with Gasteiger partial charge in [0.2, 0.25) is 0 Å². The first-order valence-electron chi connectivity index (χ1n) is 8.99. The molecule has 0 unspecified atom stereocenters. The average molecular weight is 506 g/mol. The molecule has 0 saturated heterocycles. The van der Waals surface area contributed by atoms with E-state index in [9.17, 15) is 38.9 Å². The van der Waals surface area contributed by atoms with Crippen LogP contribution in [0.2, 0.25) is 0 Å². The summed E-state index contributed by atoms with van der Waals surface area (Å²) in [6, 6.07) is 0. The Morgan fingerprint density at radius 2 is 0.643 bits per heavy atom. The molecule has 28 heavy (non-hydrogen) atoms. The molecule has 13 heteroatoms. The van der Waals surface area contributed by atoms with Crippen LogP contribution in [0.1, 0.15) is 78.6 Å². The van der Waals surface area contributed by atoms with Crippen molar-refractivity contribution in [2.75, 3.05) is 17.3 Å². The maximum Gasteiger partial charge on any atom is 3.00 e. The molecule has 0 heterocycles. The molecule has 0 aromatic carbocycles. The summed E-state index contributed by atoms with van der Waals surface area (Å²) in [5.41, 5.74) is 0. The Morgan fingerprint density at radius 3 is 0.750 bits per heavy atom. The van der Waals surface area contributed by atoms with Crippen molar-refractivity contribution >= 4 is 30.4 Å². The zero-order chi connectivity index (χ0) is 22.0. The molecule has 0 spiro atoms. The second-order valence-electron chi connectivity index (χ2n) is 5.91. The normalized spacial score (nSPS) is 11.4. The van der Waals surface area contributed by atoms with Gasteiger partial charge in [0.1, 0.15) is 0 Å². The van der Waals surface area contributed by atoms with Crippen LogP contribution in [-0.4, -0.2) is 56.2 Å². The van der Waals surface area contributed by atoms with Crippen LogP contribution in [0.4, 0.5) is 0 Å². The Morgan fingerprint density at radius 1 is 0.464 bits per heavy atom. The molecule has 0 amide bonds. The summed E-state index contributed by atoms with van der Waals surface area (Å²) in [6.07, 6.45) is 6.79. The molecule has 171 valence electrons. The first-order valence-corrected chi connectivity index (χ1v) is 13.7. The molecule has 0 rings (SSSR count). The molecule has 0 aliphatic rings. The van der Waals surface area contributed by atoms with Crippen LogP contribution in [0.5, 0.6) is 0 Å². The van der Waals surface area contributed by atoms with E-state index < -0.39 is 30.4 Å². The van der Waals surface area contributed by atoms with Crippen molar-refractivity contribution in [3.63, 3.8) is 0 Å². The second kappa shape index (κ2) is 20.5. The predicted octanol–water partition coefficient (Wildman–Crippen LogP) is 2.16. The molecule has 0 bridgehead atoms. The number of hydrogen-bond acceptors (Lipinski definition) is 9. The van der Waals surface area contributed by atoms with Crippen LogP contribution in [-0.2, 0) is 47.7 Å². The van der Waals surface area contributed by atoms with Crippen molar-refractivity contribution in [3.05, 3.63) is 0 Å². The van der Waals surface area contributed by atoms with Crippen LogP contribution >= 0.6 is 0 Å². The number of rotatable bonds is 12. The molecular weight excluding hydrogens is 472 g/mol. The fraction of sp³-hybridized carbons (Fsp3) is 1.00. The van der Waals surface area contributed by atoms with Gasteiger partial charge in [-0.15, -0.1) is 0 Å². The molecule has 0 aromatic rings. The summed E-state index contributed by atoms with van der Waals surface area (Å²) in [6.45, 7) is 5.87. The third-order valence-electron chi connectivity index (χ3n) is 2.99. The summed E-state index contributed by atoms with van der Waals surface area (Å²) in [5.74, 6) is -0.622. The van der Waals surface area contributed by atoms with E-state index in [1.54, 1.807) is 0 Å². The molecule has 0 N–H and O–H groups in total. The Bertz CT molecular complexity index is 539. The SMILES string of the molecule is CCCCCS(=O)(=O)[O-].CCCCCS(=O)(=O)[O-].CCCCCS(=O)(=O)[O-].[Cr+3]. The monoisotopic (exact) mass is 505 g/mol. The van der Waals surface area contributed by atoms with E-state index in [0.29, 0.717) is 19.3 Å². The van der Waals surface area contributed by atoms with Gasteiger partial charge in [-0.25, -0.2) is 25.3 Å². The van der Waals surface area contributed by atoms with E-state index in [0.717, 1.165) is 38.5 Å². The number of hydrogen-bond donors (Lipinski definition) is 0. The Labute approximate surface area is 182 Å². The summed E-state index contributed by atoms with van der Waals surface area (Å²) < 4.78 is 89.6. The standard InChI is InChI=1S/3C5H12O3S.Cr/c3*1-2-3-4-5-9(6,7)8;/h3*2-5H2,1H3,(H,6,7,8);/q;;;+3/p-3. The minimum absolute atomic E-state index is 0. The van der Waals surface area contributed by atoms with E-state index in [1.807, 2.05) is 20.8 Å². The molecule has 0 saturated carbocycles. The van der Waals surface area contributed by atoms with Gasteiger partial charge in [-0.3, -0.25) is 0 Å². The van der Waals surface area contributed by atoms with Crippen LogP contribution in [0.3, 0.4) is 0 Å². The molecule has 0 aliphatic carbocycles. The second-order valence-corrected chi connectivity index (χ2v) is 10.5. The number of unbranched alkanes of at least 4 members (excludes halogenated alkanes) is 6. The molecule has 0 aliphatic heterocycles. The minimum Gasteiger partial charge on any atom is -0.748 e. The first-order chi connectivity index (χ1) is 12.2. The van der Waals surface area contributed by atoms with E-state index in [1.165, 1.54) is 0 Å². The zero-order valence-electron chi connectivity index (χ0n) is 16.8. The van der Waals surface area contributed by atoms with Crippen LogP contribution < -0.4 is 0 Å². The van der Waals surface area contributed by atoms with Crippen molar-refractivity contribution in [1.29, 1.82) is 0 Å². The fourth-order valence-corrected chi connectivity index (χ4v) is 3.26. The Balaban J connectivity index is -0.000000152. The van der Waals surface area contributed by atoms with Crippen molar-refractivity contribution in [2.45, 2.75) is 78.6 Å². The first kappa shape index (κ1) is 35.7. The van der Waals surface area contributed by atoms with E-state index in [-0.39, 0.29) is 34.6 Å². The van der Waals surface area contributed by atoms with E-state index in [4.69, 9.17) is 0 Å². The molecule has 0 aromatic heterocycles. The van der Waals surface area contributed by atoms with Crippen molar-refractivity contribution in [3.8, 4) is 0 Å². The van der Waals surface area contributed by atoms with Crippen molar-refractivity contribution in [1.82, 2.24) is 0 Å². The quantitative estimate of drug-likeness (QED) is 0.284. The fourth-order valence-electron chi connectivity index (χ4n) is 1.59. The van der Waals surface area contributed by atoms with Gasteiger partial charge in [-0.05, 0) is 19.3 Å². The van der Waals surface area contributed by atoms with Gasteiger partial charge in [-0.1, -0.05) is 59.3 Å². The largest absolute Gasteiger partial charge is 3.00 e. The molecular formula is C15H33CrO9S3. The molecule has 9 nitrogen and oxygen atoms in total. The molecule has 0 atom stereocenters. The molecule has 0 fully saturated rings. The third kappa shape index (κ3) is 50.3.